The number of aliphatic hydroxyl groups is 1. The van der Waals surface area contributed by atoms with Crippen LogP contribution < -0.4 is 0 Å². The van der Waals surface area contributed by atoms with Gasteiger partial charge in [-0.15, -0.1) is 34.8 Å². The van der Waals surface area contributed by atoms with Gasteiger partial charge < -0.3 is 5.11 Å². The molecule has 104 valence electrons. The molecule has 1 N–H and O–H groups in total. The van der Waals surface area contributed by atoms with Crippen LogP contribution >= 0.6 is 70.1 Å². The predicted molar refractivity (Wildman–Crippen MR) is 89.1 cm³/mol. The minimum atomic E-state index is 0.182. The second kappa shape index (κ2) is 14.3. The van der Waals surface area contributed by atoms with Crippen molar-refractivity contribution in [2.75, 3.05) is 47.1 Å². The molecule has 0 fully saturated rings. The van der Waals surface area contributed by atoms with Gasteiger partial charge in [-0.05, 0) is 0 Å². The molecule has 0 saturated carbocycles. The molecule has 0 heterocycles. The van der Waals surface area contributed by atoms with Gasteiger partial charge in [-0.25, -0.2) is 0 Å². The molecule has 0 saturated heterocycles. The molecule has 0 rings (SSSR count). The molecule has 0 spiro atoms. The van der Waals surface area contributed by atoms with Gasteiger partial charge in [0.1, 0.15) is 0 Å². The van der Waals surface area contributed by atoms with Crippen molar-refractivity contribution in [1.29, 1.82) is 0 Å². The van der Waals surface area contributed by atoms with Crippen molar-refractivity contribution >= 4 is 70.1 Å². The van der Waals surface area contributed by atoms with Crippen molar-refractivity contribution in [1.82, 2.24) is 0 Å². The van der Waals surface area contributed by atoms with E-state index in [-0.39, 0.29) is 12.0 Å². The molecular weight excluding hydrogens is 339 g/mol. The lowest BCUT2D eigenvalue weighted by Crippen LogP contribution is -2.15. The van der Waals surface area contributed by atoms with Gasteiger partial charge in [0.25, 0.3) is 0 Å². The summed E-state index contributed by atoms with van der Waals surface area (Å²) >= 11 is 23.1. The van der Waals surface area contributed by atoms with Crippen molar-refractivity contribution < 1.29 is 5.11 Å². The highest BCUT2D eigenvalue weighted by Crippen LogP contribution is 2.22. The van der Waals surface area contributed by atoms with E-state index in [9.17, 15) is 0 Å². The Labute approximate surface area is 132 Å². The first-order valence-corrected chi connectivity index (χ1v) is 10.2. The van der Waals surface area contributed by atoms with Crippen molar-refractivity contribution in [2.24, 2.45) is 0 Å². The minimum absolute atomic E-state index is 0.182. The van der Waals surface area contributed by atoms with Crippen LogP contribution in [0.15, 0.2) is 0 Å². The van der Waals surface area contributed by atoms with Crippen molar-refractivity contribution in [3.05, 3.63) is 0 Å². The Morgan fingerprint density at radius 2 is 1.71 bits per heavy atom. The smallest absolute Gasteiger partial charge is 0.0521 e. The van der Waals surface area contributed by atoms with E-state index in [1.54, 1.807) is 23.5 Å². The fourth-order valence-corrected chi connectivity index (χ4v) is 5.13. The van der Waals surface area contributed by atoms with Crippen LogP contribution in [0, 0.1) is 0 Å². The van der Waals surface area contributed by atoms with Gasteiger partial charge in [0.05, 0.1) is 12.0 Å². The van der Waals surface area contributed by atoms with Crippen LogP contribution in [-0.4, -0.2) is 62.9 Å². The number of halogens is 3. The molecule has 0 amide bonds. The Kier molecular flexibility index (Phi) is 15.9. The van der Waals surface area contributed by atoms with E-state index in [1.807, 2.05) is 11.8 Å². The van der Waals surface area contributed by atoms with E-state index in [1.165, 1.54) is 0 Å². The summed E-state index contributed by atoms with van der Waals surface area (Å²) in [6, 6.07) is 0. The van der Waals surface area contributed by atoms with Crippen LogP contribution in [0.2, 0.25) is 0 Å². The Morgan fingerprint density at radius 3 is 2.29 bits per heavy atom. The van der Waals surface area contributed by atoms with E-state index in [0.717, 1.165) is 28.8 Å². The molecule has 0 aromatic carbocycles. The molecule has 0 bridgehead atoms. The Morgan fingerprint density at radius 1 is 1.00 bits per heavy atom. The average molecular weight is 358 g/mol. The first kappa shape index (κ1) is 18.9. The third-order valence-corrected chi connectivity index (χ3v) is 7.24. The molecule has 0 radical (unpaired) electrons. The maximum absolute atomic E-state index is 8.70. The van der Waals surface area contributed by atoms with E-state index < -0.39 is 0 Å². The molecule has 0 aliphatic rings. The van der Waals surface area contributed by atoms with E-state index in [0.29, 0.717) is 17.0 Å². The maximum atomic E-state index is 8.70. The number of alkyl halides is 3. The van der Waals surface area contributed by atoms with Crippen LogP contribution in [0.1, 0.15) is 0 Å². The number of hydrogen-bond acceptors (Lipinski definition) is 4. The van der Waals surface area contributed by atoms with Gasteiger partial charge in [0, 0.05) is 45.8 Å². The standard InChI is InChI=1S/C10H19Cl3OS3/c11-1-3-15-6-9(13)7-17-10(5-12)8-16-4-2-14/h9-10,14H,1-8H2. The van der Waals surface area contributed by atoms with Gasteiger partial charge in [-0.2, -0.15) is 35.3 Å². The van der Waals surface area contributed by atoms with Crippen LogP contribution in [0.25, 0.3) is 0 Å². The topological polar surface area (TPSA) is 20.2 Å². The molecule has 0 aliphatic carbocycles. The highest BCUT2D eigenvalue weighted by molar-refractivity contribution is 8.03. The summed E-state index contributed by atoms with van der Waals surface area (Å²) in [5, 5.41) is 9.30. The zero-order valence-electron chi connectivity index (χ0n) is 9.62. The summed E-state index contributed by atoms with van der Waals surface area (Å²) in [5.41, 5.74) is 0. The quantitative estimate of drug-likeness (QED) is 0.425. The summed E-state index contributed by atoms with van der Waals surface area (Å²) in [6.45, 7) is 0.234. The van der Waals surface area contributed by atoms with Gasteiger partial charge >= 0.3 is 0 Å². The summed E-state index contributed by atoms with van der Waals surface area (Å²) in [7, 11) is 0. The zero-order valence-corrected chi connectivity index (χ0v) is 14.3. The molecule has 1 nitrogen and oxygen atoms in total. The molecule has 2 unspecified atom stereocenters. The highest BCUT2D eigenvalue weighted by Gasteiger charge is 2.12. The van der Waals surface area contributed by atoms with Crippen LogP contribution in [0.3, 0.4) is 0 Å². The van der Waals surface area contributed by atoms with Gasteiger partial charge in [0.15, 0.2) is 0 Å². The zero-order chi connectivity index (χ0) is 12.9. The fraction of sp³-hybridized carbons (Fsp3) is 1.00. The lowest BCUT2D eigenvalue weighted by molar-refractivity contribution is 0.322. The number of thioether (sulfide) groups is 3. The maximum Gasteiger partial charge on any atom is 0.0521 e. The van der Waals surface area contributed by atoms with E-state index in [4.69, 9.17) is 39.9 Å². The van der Waals surface area contributed by atoms with Crippen LogP contribution in [0.5, 0.6) is 0 Å². The summed E-state index contributed by atoms with van der Waals surface area (Å²) < 4.78 is 0. The summed E-state index contributed by atoms with van der Waals surface area (Å²) in [4.78, 5) is 0. The van der Waals surface area contributed by atoms with Gasteiger partial charge in [0.2, 0.25) is 0 Å². The van der Waals surface area contributed by atoms with Gasteiger partial charge in [-0.1, -0.05) is 0 Å². The lowest BCUT2D eigenvalue weighted by atomic mass is 10.5. The van der Waals surface area contributed by atoms with Crippen molar-refractivity contribution in [2.45, 2.75) is 10.6 Å². The number of rotatable bonds is 12. The third-order valence-electron chi connectivity index (χ3n) is 1.74. The number of aliphatic hydroxyl groups excluding tert-OH is 1. The van der Waals surface area contributed by atoms with Crippen molar-refractivity contribution in [3.63, 3.8) is 0 Å². The average Bonchev–Trinajstić information content (AvgIpc) is 2.34. The van der Waals surface area contributed by atoms with Crippen LogP contribution in [0.4, 0.5) is 0 Å². The predicted octanol–water partition coefficient (Wildman–Crippen LogP) is 3.63. The summed E-state index contributed by atoms with van der Waals surface area (Å²) in [5.74, 6) is 5.91. The molecule has 0 aromatic rings. The highest BCUT2D eigenvalue weighted by atomic mass is 35.5. The Bertz CT molecular complexity index is 166. The molecule has 7 heteroatoms. The normalized spacial score (nSPS) is 14.8. The molecular formula is C10H19Cl3OS3. The lowest BCUT2D eigenvalue weighted by Gasteiger charge is -2.15. The first-order chi connectivity index (χ1) is 8.24. The Balaban J connectivity index is 3.52. The fourth-order valence-electron chi connectivity index (χ4n) is 0.971. The van der Waals surface area contributed by atoms with Crippen molar-refractivity contribution in [3.8, 4) is 0 Å². The number of hydrogen-bond donors (Lipinski definition) is 1. The Hall–Kier alpha value is 1.88. The van der Waals surface area contributed by atoms with E-state index in [2.05, 4.69) is 0 Å². The molecule has 0 aliphatic heterocycles. The minimum Gasteiger partial charge on any atom is -0.396 e. The second-order valence-electron chi connectivity index (χ2n) is 3.27. The SMILES string of the molecule is OCCSCC(CCl)SCC(Cl)CSCCCl. The van der Waals surface area contributed by atoms with Crippen LogP contribution in [-0.2, 0) is 0 Å². The van der Waals surface area contributed by atoms with E-state index >= 15 is 0 Å². The molecule has 0 aromatic heterocycles. The first-order valence-electron chi connectivity index (χ1n) is 5.38. The molecule has 2 atom stereocenters. The second-order valence-corrected chi connectivity index (χ2v) is 8.21. The van der Waals surface area contributed by atoms with Gasteiger partial charge in [-0.3, -0.25) is 0 Å². The largest absolute Gasteiger partial charge is 0.396 e. The monoisotopic (exact) mass is 356 g/mol. The molecule has 17 heavy (non-hydrogen) atoms. The third kappa shape index (κ3) is 12.6. The summed E-state index contributed by atoms with van der Waals surface area (Å²) in [6.07, 6.45) is 0.